The van der Waals surface area contributed by atoms with Gasteiger partial charge in [-0.3, -0.25) is 0 Å². The minimum absolute atomic E-state index is 0.467. The Morgan fingerprint density at radius 1 is 1.65 bits per heavy atom. The van der Waals surface area contributed by atoms with Gasteiger partial charge in [-0.15, -0.1) is 5.10 Å². The molecule has 1 fully saturated rings. The number of hydrogen-bond donors (Lipinski definition) is 1. The standard InChI is InChI=1S/C10H16N6S/c1-10(7-11,12-2)5-6-17-9-13-14-15-16(9)8-3-4-8/h8,12H,3-6H2,1-2H3. The first kappa shape index (κ1) is 12.3. The monoisotopic (exact) mass is 252 g/mol. The predicted octanol–water partition coefficient (Wildman–Crippen LogP) is 0.992. The normalized spacial score (nSPS) is 18.6. The molecule has 1 aromatic heterocycles. The number of tetrazole rings is 1. The smallest absolute Gasteiger partial charge is 0.209 e. The average Bonchev–Trinajstić information content (AvgIpc) is 3.09. The molecular formula is C10H16N6S. The zero-order chi connectivity index (χ0) is 12.3. The minimum Gasteiger partial charge on any atom is -0.303 e. The van der Waals surface area contributed by atoms with Crippen molar-refractivity contribution in [2.75, 3.05) is 12.8 Å². The first-order chi connectivity index (χ1) is 8.18. The number of nitrogens with one attached hydrogen (secondary N) is 1. The molecule has 0 bridgehead atoms. The van der Waals surface area contributed by atoms with Gasteiger partial charge in [0.15, 0.2) is 0 Å². The highest BCUT2D eigenvalue weighted by atomic mass is 32.2. The summed E-state index contributed by atoms with van der Waals surface area (Å²) in [6.45, 7) is 1.90. The third kappa shape index (κ3) is 2.96. The molecule has 0 radical (unpaired) electrons. The Balaban J connectivity index is 1.86. The van der Waals surface area contributed by atoms with E-state index in [1.165, 1.54) is 12.8 Å². The molecule has 7 heteroatoms. The lowest BCUT2D eigenvalue weighted by Gasteiger charge is -2.19. The summed E-state index contributed by atoms with van der Waals surface area (Å²) in [6.07, 6.45) is 3.11. The van der Waals surface area contributed by atoms with Gasteiger partial charge in [0.1, 0.15) is 5.54 Å². The van der Waals surface area contributed by atoms with E-state index in [-0.39, 0.29) is 0 Å². The molecule has 1 aromatic rings. The Morgan fingerprint density at radius 2 is 2.41 bits per heavy atom. The number of hydrogen-bond acceptors (Lipinski definition) is 6. The van der Waals surface area contributed by atoms with E-state index in [1.807, 2.05) is 18.7 Å². The van der Waals surface area contributed by atoms with Crippen molar-refractivity contribution < 1.29 is 0 Å². The third-order valence-corrected chi connectivity index (χ3v) is 3.92. The van der Waals surface area contributed by atoms with Crippen molar-refractivity contribution in [2.24, 2.45) is 0 Å². The first-order valence-corrected chi connectivity index (χ1v) is 6.68. The van der Waals surface area contributed by atoms with Crippen LogP contribution < -0.4 is 5.32 Å². The van der Waals surface area contributed by atoms with Crippen LogP contribution in [0.3, 0.4) is 0 Å². The minimum atomic E-state index is -0.467. The second-order valence-corrected chi connectivity index (χ2v) is 5.49. The zero-order valence-electron chi connectivity index (χ0n) is 10.1. The summed E-state index contributed by atoms with van der Waals surface area (Å²) >= 11 is 1.62. The Kier molecular flexibility index (Phi) is 3.64. The van der Waals surface area contributed by atoms with E-state index in [2.05, 4.69) is 26.9 Å². The van der Waals surface area contributed by atoms with Crippen molar-refractivity contribution in [3.63, 3.8) is 0 Å². The summed E-state index contributed by atoms with van der Waals surface area (Å²) in [4.78, 5) is 0. The van der Waals surface area contributed by atoms with Crippen LogP contribution in [0.15, 0.2) is 5.16 Å². The lowest BCUT2D eigenvalue weighted by molar-refractivity contribution is 0.479. The number of rotatable bonds is 6. The van der Waals surface area contributed by atoms with Crippen molar-refractivity contribution in [1.82, 2.24) is 25.5 Å². The molecule has 1 saturated carbocycles. The molecule has 1 N–H and O–H groups in total. The Morgan fingerprint density at radius 3 is 3.00 bits per heavy atom. The van der Waals surface area contributed by atoms with Gasteiger partial charge in [0.2, 0.25) is 5.16 Å². The first-order valence-electron chi connectivity index (χ1n) is 5.69. The molecule has 1 aliphatic rings. The van der Waals surface area contributed by atoms with Gasteiger partial charge in [0.05, 0.1) is 12.1 Å². The van der Waals surface area contributed by atoms with Crippen molar-refractivity contribution in [1.29, 1.82) is 5.26 Å². The molecule has 0 amide bonds. The van der Waals surface area contributed by atoms with Crippen LogP contribution in [0.1, 0.15) is 32.2 Å². The van der Waals surface area contributed by atoms with Gasteiger partial charge in [-0.1, -0.05) is 11.8 Å². The van der Waals surface area contributed by atoms with E-state index < -0.39 is 5.54 Å². The number of nitriles is 1. The van der Waals surface area contributed by atoms with Crippen molar-refractivity contribution in [3.05, 3.63) is 0 Å². The van der Waals surface area contributed by atoms with E-state index in [0.717, 1.165) is 17.3 Å². The molecule has 0 aromatic carbocycles. The summed E-state index contributed by atoms with van der Waals surface area (Å²) in [5.41, 5.74) is -0.467. The third-order valence-electron chi connectivity index (χ3n) is 2.99. The van der Waals surface area contributed by atoms with Crippen LogP contribution in [0, 0.1) is 11.3 Å². The van der Waals surface area contributed by atoms with Gasteiger partial charge < -0.3 is 5.32 Å². The van der Waals surface area contributed by atoms with E-state index in [4.69, 9.17) is 5.26 Å². The molecule has 17 heavy (non-hydrogen) atoms. The van der Waals surface area contributed by atoms with E-state index in [1.54, 1.807) is 11.8 Å². The summed E-state index contributed by atoms with van der Waals surface area (Å²) in [6, 6.07) is 2.77. The van der Waals surface area contributed by atoms with E-state index >= 15 is 0 Å². The molecule has 92 valence electrons. The van der Waals surface area contributed by atoms with Crippen LogP contribution in [0.5, 0.6) is 0 Å². The van der Waals surface area contributed by atoms with E-state index in [0.29, 0.717) is 6.04 Å². The largest absolute Gasteiger partial charge is 0.303 e. The maximum atomic E-state index is 9.03. The van der Waals surface area contributed by atoms with Crippen LogP contribution >= 0.6 is 11.8 Å². The van der Waals surface area contributed by atoms with Crippen molar-refractivity contribution in [3.8, 4) is 6.07 Å². The lowest BCUT2D eigenvalue weighted by atomic mass is 10.0. The molecular weight excluding hydrogens is 236 g/mol. The summed E-state index contributed by atoms with van der Waals surface area (Å²) in [5, 5.41) is 24.6. The van der Waals surface area contributed by atoms with Gasteiger partial charge in [0, 0.05) is 5.75 Å². The number of aromatic nitrogens is 4. The highest BCUT2D eigenvalue weighted by Gasteiger charge is 2.28. The highest BCUT2D eigenvalue weighted by Crippen LogP contribution is 2.36. The summed E-state index contributed by atoms with van der Waals surface area (Å²) in [7, 11) is 1.81. The SMILES string of the molecule is CNC(C)(C#N)CCSc1nnnn1C1CC1. The van der Waals surface area contributed by atoms with Crippen LogP contribution in [0.4, 0.5) is 0 Å². The van der Waals surface area contributed by atoms with Gasteiger partial charge in [0.25, 0.3) is 0 Å². The number of nitrogens with zero attached hydrogens (tertiary/aromatic N) is 5. The van der Waals surface area contributed by atoms with Crippen LogP contribution in [-0.2, 0) is 0 Å². The average molecular weight is 252 g/mol. The Hall–Kier alpha value is -1.13. The lowest BCUT2D eigenvalue weighted by Crippen LogP contribution is -2.38. The van der Waals surface area contributed by atoms with Crippen molar-refractivity contribution in [2.45, 2.75) is 42.9 Å². The fraction of sp³-hybridized carbons (Fsp3) is 0.800. The van der Waals surface area contributed by atoms with E-state index in [9.17, 15) is 0 Å². The van der Waals surface area contributed by atoms with Gasteiger partial charge >= 0.3 is 0 Å². The quantitative estimate of drug-likeness (QED) is 0.761. The van der Waals surface area contributed by atoms with Crippen LogP contribution in [-0.4, -0.2) is 38.5 Å². The maximum Gasteiger partial charge on any atom is 0.209 e. The zero-order valence-corrected chi connectivity index (χ0v) is 10.9. The molecule has 1 atom stereocenters. The summed E-state index contributed by atoms with van der Waals surface area (Å²) < 4.78 is 1.90. The number of thioether (sulfide) groups is 1. The van der Waals surface area contributed by atoms with Gasteiger partial charge in [-0.2, -0.15) is 5.26 Å². The summed E-state index contributed by atoms with van der Waals surface area (Å²) in [5.74, 6) is 0.831. The Bertz CT molecular complexity index is 421. The van der Waals surface area contributed by atoms with Crippen molar-refractivity contribution >= 4 is 11.8 Å². The second-order valence-electron chi connectivity index (χ2n) is 4.43. The maximum absolute atomic E-state index is 9.03. The van der Waals surface area contributed by atoms with Gasteiger partial charge in [-0.05, 0) is 43.7 Å². The Labute approximate surface area is 105 Å². The molecule has 6 nitrogen and oxygen atoms in total. The highest BCUT2D eigenvalue weighted by molar-refractivity contribution is 7.99. The van der Waals surface area contributed by atoms with Gasteiger partial charge in [-0.25, -0.2) is 4.68 Å². The molecule has 1 heterocycles. The molecule has 0 aliphatic heterocycles. The molecule has 1 unspecified atom stereocenters. The van der Waals surface area contributed by atoms with Crippen LogP contribution in [0.25, 0.3) is 0 Å². The fourth-order valence-electron chi connectivity index (χ4n) is 1.41. The predicted molar refractivity (Wildman–Crippen MR) is 64.5 cm³/mol. The van der Waals surface area contributed by atoms with Crippen LogP contribution in [0.2, 0.25) is 0 Å². The molecule has 0 saturated heterocycles. The fourth-order valence-corrected chi connectivity index (χ4v) is 2.52. The topological polar surface area (TPSA) is 79.4 Å². The molecule has 2 rings (SSSR count). The molecule has 1 aliphatic carbocycles. The second kappa shape index (κ2) is 5.02. The molecule has 0 spiro atoms.